The van der Waals surface area contributed by atoms with Crippen LogP contribution < -0.4 is 5.73 Å². The van der Waals surface area contributed by atoms with Gasteiger partial charge in [0.2, 0.25) is 0 Å². The van der Waals surface area contributed by atoms with Crippen molar-refractivity contribution in [3.05, 3.63) is 35.5 Å². The molecule has 82 valence electrons. The van der Waals surface area contributed by atoms with Gasteiger partial charge in [0, 0.05) is 23.6 Å². The van der Waals surface area contributed by atoms with E-state index in [1.165, 1.54) is 6.92 Å². The number of para-hydroxylation sites is 1. The van der Waals surface area contributed by atoms with Crippen molar-refractivity contribution >= 4 is 22.4 Å². The van der Waals surface area contributed by atoms with Crippen molar-refractivity contribution in [2.24, 2.45) is 0 Å². The molecule has 0 aliphatic rings. The van der Waals surface area contributed by atoms with Gasteiger partial charge in [-0.05, 0) is 12.5 Å². The molecule has 16 heavy (non-hydrogen) atoms. The van der Waals surface area contributed by atoms with Gasteiger partial charge in [0.1, 0.15) is 5.69 Å². The topological polar surface area (TPSA) is 56.0 Å². The Hall–Kier alpha value is -1.90. The molecule has 0 radical (unpaired) electrons. The normalized spacial score (nSPS) is 10.6. The maximum Gasteiger partial charge on any atom is 0.178 e. The highest BCUT2D eigenvalue weighted by Gasteiger charge is 2.13. The molecular weight excluding hydrogens is 200 g/mol. The first kappa shape index (κ1) is 10.6. The summed E-state index contributed by atoms with van der Waals surface area (Å²) in [7, 11) is 0. The van der Waals surface area contributed by atoms with Gasteiger partial charge in [-0.15, -0.1) is 0 Å². The molecule has 2 N–H and O–H groups in total. The number of ketones is 1. The molecule has 2 aromatic rings. The second-order valence-corrected chi connectivity index (χ2v) is 3.78. The minimum Gasteiger partial charge on any atom is -0.398 e. The fourth-order valence-electron chi connectivity index (χ4n) is 1.93. The Balaban J connectivity index is 2.87. The van der Waals surface area contributed by atoms with E-state index in [9.17, 15) is 4.79 Å². The van der Waals surface area contributed by atoms with Crippen LogP contribution in [0, 0.1) is 0 Å². The quantitative estimate of drug-likeness (QED) is 0.782. The van der Waals surface area contributed by atoms with Crippen molar-refractivity contribution in [3.63, 3.8) is 0 Å². The largest absolute Gasteiger partial charge is 0.398 e. The van der Waals surface area contributed by atoms with Crippen molar-refractivity contribution in [3.8, 4) is 0 Å². The van der Waals surface area contributed by atoms with Gasteiger partial charge in [-0.1, -0.05) is 25.1 Å². The molecule has 0 amide bonds. The SMILES string of the molecule is CCc1c(C(C)=O)nc2ccccc2c1N. The summed E-state index contributed by atoms with van der Waals surface area (Å²) in [6, 6.07) is 7.62. The van der Waals surface area contributed by atoms with Gasteiger partial charge in [0.15, 0.2) is 5.78 Å². The summed E-state index contributed by atoms with van der Waals surface area (Å²) in [6.45, 7) is 3.50. The zero-order valence-corrected chi connectivity index (χ0v) is 9.45. The number of aromatic nitrogens is 1. The van der Waals surface area contributed by atoms with E-state index in [0.29, 0.717) is 11.4 Å². The summed E-state index contributed by atoms with van der Waals surface area (Å²) in [5.74, 6) is -0.0331. The van der Waals surface area contributed by atoms with Crippen LogP contribution in [0.3, 0.4) is 0 Å². The summed E-state index contributed by atoms with van der Waals surface area (Å²) in [6.07, 6.45) is 0.721. The fourth-order valence-corrected chi connectivity index (χ4v) is 1.93. The maximum absolute atomic E-state index is 11.5. The minimum absolute atomic E-state index is 0.0331. The average Bonchev–Trinajstić information content (AvgIpc) is 2.29. The Kier molecular flexibility index (Phi) is 2.60. The van der Waals surface area contributed by atoms with E-state index in [2.05, 4.69) is 4.98 Å². The van der Waals surface area contributed by atoms with Crippen LogP contribution in [-0.4, -0.2) is 10.8 Å². The molecule has 0 fully saturated rings. The molecule has 0 unspecified atom stereocenters. The van der Waals surface area contributed by atoms with E-state index in [-0.39, 0.29) is 5.78 Å². The standard InChI is InChI=1S/C13H14N2O/c1-3-9-12(14)10-6-4-5-7-11(10)15-13(9)8(2)16/h4-7H,3H2,1-2H3,(H2,14,15). The van der Waals surface area contributed by atoms with E-state index in [1.807, 2.05) is 31.2 Å². The van der Waals surface area contributed by atoms with Gasteiger partial charge in [0.05, 0.1) is 5.52 Å². The number of hydrogen-bond acceptors (Lipinski definition) is 3. The lowest BCUT2D eigenvalue weighted by Crippen LogP contribution is -2.07. The molecule has 1 aromatic heterocycles. The van der Waals surface area contributed by atoms with Gasteiger partial charge in [-0.3, -0.25) is 4.79 Å². The summed E-state index contributed by atoms with van der Waals surface area (Å²) in [5, 5.41) is 0.921. The second-order valence-electron chi connectivity index (χ2n) is 3.78. The van der Waals surface area contributed by atoms with E-state index < -0.39 is 0 Å². The van der Waals surface area contributed by atoms with E-state index in [4.69, 9.17) is 5.73 Å². The lowest BCUT2D eigenvalue weighted by Gasteiger charge is -2.10. The zero-order chi connectivity index (χ0) is 11.7. The van der Waals surface area contributed by atoms with Crippen molar-refractivity contribution in [1.82, 2.24) is 4.98 Å². The molecule has 0 aliphatic heterocycles. The number of carbonyl (C=O) groups is 1. The van der Waals surface area contributed by atoms with Crippen LogP contribution >= 0.6 is 0 Å². The number of fused-ring (bicyclic) bond motifs is 1. The van der Waals surface area contributed by atoms with Crippen LogP contribution in [0.4, 0.5) is 5.69 Å². The van der Waals surface area contributed by atoms with Gasteiger partial charge in [-0.2, -0.15) is 0 Å². The number of nitrogens with two attached hydrogens (primary N) is 1. The number of carbonyl (C=O) groups excluding carboxylic acids is 1. The maximum atomic E-state index is 11.5. The summed E-state index contributed by atoms with van der Waals surface area (Å²) >= 11 is 0. The first-order valence-corrected chi connectivity index (χ1v) is 5.33. The highest BCUT2D eigenvalue weighted by Crippen LogP contribution is 2.26. The predicted molar refractivity (Wildman–Crippen MR) is 65.5 cm³/mol. The minimum atomic E-state index is -0.0331. The molecule has 1 aromatic carbocycles. The first-order chi connectivity index (χ1) is 7.65. The third kappa shape index (κ3) is 1.54. The molecule has 2 rings (SSSR count). The number of anilines is 1. The van der Waals surface area contributed by atoms with Gasteiger partial charge in [0.25, 0.3) is 0 Å². The lowest BCUT2D eigenvalue weighted by molar-refractivity contribution is 0.101. The summed E-state index contributed by atoms with van der Waals surface area (Å²) in [5.41, 5.74) is 8.89. The molecule has 0 atom stereocenters. The predicted octanol–water partition coefficient (Wildman–Crippen LogP) is 2.58. The van der Waals surface area contributed by atoms with Gasteiger partial charge >= 0.3 is 0 Å². The Bertz CT molecular complexity index is 561. The van der Waals surface area contributed by atoms with Crippen molar-refractivity contribution in [1.29, 1.82) is 0 Å². The number of pyridine rings is 1. The number of nitrogens with zero attached hydrogens (tertiary/aromatic N) is 1. The second kappa shape index (κ2) is 3.93. The molecule has 0 aliphatic carbocycles. The smallest absolute Gasteiger partial charge is 0.178 e. The first-order valence-electron chi connectivity index (χ1n) is 5.33. The Morgan fingerprint density at radius 1 is 1.38 bits per heavy atom. The highest BCUT2D eigenvalue weighted by molar-refractivity contribution is 6.01. The average molecular weight is 214 g/mol. The van der Waals surface area contributed by atoms with Crippen LogP contribution in [0.25, 0.3) is 10.9 Å². The van der Waals surface area contributed by atoms with Gasteiger partial charge in [-0.25, -0.2) is 4.98 Å². The number of rotatable bonds is 2. The Labute approximate surface area is 94.3 Å². The molecular formula is C13H14N2O. The molecule has 3 heteroatoms. The summed E-state index contributed by atoms with van der Waals surface area (Å²) in [4.78, 5) is 15.9. The van der Waals surface area contributed by atoms with Crippen LogP contribution in [-0.2, 0) is 6.42 Å². The van der Waals surface area contributed by atoms with Crippen molar-refractivity contribution in [2.45, 2.75) is 20.3 Å². The lowest BCUT2D eigenvalue weighted by atomic mass is 10.0. The number of nitrogen functional groups attached to an aromatic ring is 1. The van der Waals surface area contributed by atoms with E-state index in [1.54, 1.807) is 0 Å². The number of Topliss-reactive ketones (excluding diaryl/α,β-unsaturated/α-hetero) is 1. The monoisotopic (exact) mass is 214 g/mol. The van der Waals surface area contributed by atoms with Crippen molar-refractivity contribution < 1.29 is 4.79 Å². The molecule has 0 spiro atoms. The fraction of sp³-hybridized carbons (Fsp3) is 0.231. The number of benzene rings is 1. The third-order valence-electron chi connectivity index (χ3n) is 2.72. The van der Waals surface area contributed by atoms with E-state index >= 15 is 0 Å². The Morgan fingerprint density at radius 2 is 2.06 bits per heavy atom. The van der Waals surface area contributed by atoms with Gasteiger partial charge < -0.3 is 5.73 Å². The third-order valence-corrected chi connectivity index (χ3v) is 2.72. The molecule has 1 heterocycles. The van der Waals surface area contributed by atoms with E-state index in [0.717, 1.165) is 22.9 Å². The molecule has 0 saturated heterocycles. The molecule has 0 saturated carbocycles. The van der Waals surface area contributed by atoms with Crippen LogP contribution in [0.5, 0.6) is 0 Å². The van der Waals surface area contributed by atoms with Crippen LogP contribution in [0.2, 0.25) is 0 Å². The molecule has 3 nitrogen and oxygen atoms in total. The number of hydrogen-bond donors (Lipinski definition) is 1. The summed E-state index contributed by atoms with van der Waals surface area (Å²) < 4.78 is 0. The highest BCUT2D eigenvalue weighted by atomic mass is 16.1. The zero-order valence-electron chi connectivity index (χ0n) is 9.45. The van der Waals surface area contributed by atoms with Crippen molar-refractivity contribution in [2.75, 3.05) is 5.73 Å². The van der Waals surface area contributed by atoms with Crippen LogP contribution in [0.15, 0.2) is 24.3 Å². The Morgan fingerprint density at radius 3 is 2.69 bits per heavy atom. The van der Waals surface area contributed by atoms with Crippen LogP contribution in [0.1, 0.15) is 29.9 Å². The molecule has 0 bridgehead atoms.